The highest BCUT2D eigenvalue weighted by Crippen LogP contribution is 2.08. The van der Waals surface area contributed by atoms with Gasteiger partial charge in [0.25, 0.3) is 0 Å². The number of aliphatic imine (C=N–C) groups is 1. The van der Waals surface area contributed by atoms with Crippen molar-refractivity contribution in [2.24, 2.45) is 10.9 Å². The highest BCUT2D eigenvalue weighted by atomic mass is 16.5. The summed E-state index contributed by atoms with van der Waals surface area (Å²) in [5.74, 6) is 1.44. The molecular formula is C21H37N3O2. The molecule has 0 saturated carbocycles. The first-order valence-electron chi connectivity index (χ1n) is 9.80. The van der Waals surface area contributed by atoms with Crippen LogP contribution in [0.2, 0.25) is 0 Å². The molecule has 0 aliphatic carbocycles. The number of benzene rings is 1. The number of nitrogens with one attached hydrogen (secondary N) is 2. The molecule has 5 nitrogen and oxygen atoms in total. The lowest BCUT2D eigenvalue weighted by molar-refractivity contribution is 0.0657. The molecule has 5 heteroatoms. The maximum atomic E-state index is 5.63. The van der Waals surface area contributed by atoms with E-state index in [0.717, 1.165) is 38.7 Å². The average molecular weight is 364 g/mol. The third-order valence-electron chi connectivity index (χ3n) is 3.58. The molecule has 0 radical (unpaired) electrons. The van der Waals surface area contributed by atoms with Gasteiger partial charge in [-0.3, -0.25) is 0 Å². The van der Waals surface area contributed by atoms with Gasteiger partial charge in [0.05, 0.1) is 19.3 Å². The Hall–Kier alpha value is -1.59. The minimum absolute atomic E-state index is 0.254. The zero-order valence-electron chi connectivity index (χ0n) is 17.2. The van der Waals surface area contributed by atoms with E-state index >= 15 is 0 Å². The normalized spacial score (nSPS) is 12.0. The van der Waals surface area contributed by atoms with Gasteiger partial charge in [0, 0.05) is 26.3 Å². The molecule has 0 bridgehead atoms. The molecule has 1 aromatic carbocycles. The number of nitrogens with zero attached hydrogens (tertiary/aromatic N) is 1. The molecule has 2 N–H and O–H groups in total. The molecule has 26 heavy (non-hydrogen) atoms. The summed E-state index contributed by atoms with van der Waals surface area (Å²) in [5, 5.41) is 6.65. The van der Waals surface area contributed by atoms with Crippen molar-refractivity contribution in [3.8, 4) is 0 Å². The van der Waals surface area contributed by atoms with Crippen molar-refractivity contribution >= 4 is 5.96 Å². The number of rotatable bonds is 12. The number of hydrogen-bond acceptors (Lipinski definition) is 3. The molecule has 0 unspecified atom stereocenters. The molecule has 0 atom stereocenters. The van der Waals surface area contributed by atoms with E-state index in [0.29, 0.717) is 19.1 Å². The maximum Gasteiger partial charge on any atom is 0.191 e. The molecule has 0 saturated heterocycles. The molecule has 1 aromatic rings. The second-order valence-corrected chi connectivity index (χ2v) is 7.12. The van der Waals surface area contributed by atoms with Gasteiger partial charge in [-0.2, -0.15) is 0 Å². The van der Waals surface area contributed by atoms with E-state index in [1.54, 1.807) is 0 Å². The lowest BCUT2D eigenvalue weighted by Crippen LogP contribution is -2.38. The Morgan fingerprint density at radius 3 is 2.35 bits per heavy atom. The third-order valence-corrected chi connectivity index (χ3v) is 3.58. The summed E-state index contributed by atoms with van der Waals surface area (Å²) in [5.41, 5.74) is 2.38. The van der Waals surface area contributed by atoms with Crippen molar-refractivity contribution in [1.82, 2.24) is 10.6 Å². The molecule has 0 amide bonds. The fraction of sp³-hybridized carbons (Fsp3) is 0.667. The van der Waals surface area contributed by atoms with Gasteiger partial charge in [0.15, 0.2) is 5.96 Å². The number of guanidine groups is 1. The van der Waals surface area contributed by atoms with Crippen molar-refractivity contribution in [1.29, 1.82) is 0 Å². The predicted molar refractivity (Wildman–Crippen MR) is 109 cm³/mol. The largest absolute Gasteiger partial charge is 0.381 e. The van der Waals surface area contributed by atoms with Crippen LogP contribution in [0.1, 0.15) is 52.2 Å². The van der Waals surface area contributed by atoms with Gasteiger partial charge in [0.1, 0.15) is 0 Å². The zero-order chi connectivity index (χ0) is 19.2. The highest BCUT2D eigenvalue weighted by Gasteiger charge is 2.00. The maximum absolute atomic E-state index is 5.63. The summed E-state index contributed by atoms with van der Waals surface area (Å²) in [7, 11) is 0. The minimum Gasteiger partial charge on any atom is -0.381 e. The van der Waals surface area contributed by atoms with Crippen LogP contribution in [0.5, 0.6) is 0 Å². The molecule has 1 rings (SSSR count). The van der Waals surface area contributed by atoms with E-state index < -0.39 is 0 Å². The number of hydrogen-bond donors (Lipinski definition) is 2. The van der Waals surface area contributed by atoms with Crippen LogP contribution in [0, 0.1) is 5.92 Å². The lowest BCUT2D eigenvalue weighted by Gasteiger charge is -2.12. The van der Waals surface area contributed by atoms with E-state index in [1.165, 1.54) is 11.1 Å². The Balaban J connectivity index is 2.37. The molecular weight excluding hydrogens is 326 g/mol. The molecule has 0 aromatic heterocycles. The van der Waals surface area contributed by atoms with Crippen molar-refractivity contribution in [2.45, 2.75) is 60.3 Å². The second kappa shape index (κ2) is 13.6. The highest BCUT2D eigenvalue weighted by molar-refractivity contribution is 5.79. The van der Waals surface area contributed by atoms with Crippen LogP contribution < -0.4 is 10.6 Å². The Labute approximate surface area is 159 Å². The van der Waals surface area contributed by atoms with Crippen LogP contribution >= 0.6 is 0 Å². The summed E-state index contributed by atoms with van der Waals surface area (Å²) in [4.78, 5) is 4.66. The summed E-state index contributed by atoms with van der Waals surface area (Å²) in [6, 6.07) is 8.46. The van der Waals surface area contributed by atoms with Crippen LogP contribution in [-0.2, 0) is 22.6 Å². The standard InChI is InChI=1S/C21H37N3O2/c1-6-22-21(23-12-7-13-25-15-17(2)3)24-14-19-8-10-20(11-9-19)16-26-18(4)5/h8-11,17-18H,6-7,12-16H2,1-5H3,(H2,22,23,24). The van der Waals surface area contributed by atoms with Gasteiger partial charge in [-0.25, -0.2) is 4.99 Å². The van der Waals surface area contributed by atoms with Crippen LogP contribution in [0.15, 0.2) is 29.3 Å². The fourth-order valence-corrected chi connectivity index (χ4v) is 2.22. The van der Waals surface area contributed by atoms with E-state index in [2.05, 4.69) is 74.5 Å². The van der Waals surface area contributed by atoms with Crippen molar-refractivity contribution in [3.05, 3.63) is 35.4 Å². The van der Waals surface area contributed by atoms with Gasteiger partial charge >= 0.3 is 0 Å². The first-order chi connectivity index (χ1) is 12.5. The third kappa shape index (κ3) is 11.1. The van der Waals surface area contributed by atoms with Gasteiger partial charge in [-0.1, -0.05) is 38.1 Å². The summed E-state index contributed by atoms with van der Waals surface area (Å²) in [6.07, 6.45) is 1.23. The Morgan fingerprint density at radius 1 is 1.04 bits per heavy atom. The zero-order valence-corrected chi connectivity index (χ0v) is 17.2. The predicted octanol–water partition coefficient (Wildman–Crippen LogP) is 3.73. The van der Waals surface area contributed by atoms with Gasteiger partial charge < -0.3 is 20.1 Å². The Kier molecular flexibility index (Phi) is 11.7. The minimum atomic E-state index is 0.254. The molecule has 0 aliphatic rings. The Bertz CT molecular complexity index is 498. The van der Waals surface area contributed by atoms with Crippen LogP contribution in [0.4, 0.5) is 0 Å². The summed E-state index contributed by atoms with van der Waals surface area (Å²) in [6.45, 7) is 15.1. The quantitative estimate of drug-likeness (QED) is 0.337. The van der Waals surface area contributed by atoms with E-state index in [-0.39, 0.29) is 6.10 Å². The van der Waals surface area contributed by atoms with Gasteiger partial charge in [0.2, 0.25) is 0 Å². The SMILES string of the molecule is CCNC(=NCc1ccc(COC(C)C)cc1)NCCCOCC(C)C. The molecule has 0 spiro atoms. The summed E-state index contributed by atoms with van der Waals surface area (Å²) >= 11 is 0. The molecule has 0 fully saturated rings. The van der Waals surface area contributed by atoms with Gasteiger partial charge in [-0.15, -0.1) is 0 Å². The molecule has 148 valence electrons. The van der Waals surface area contributed by atoms with Crippen LogP contribution in [0.25, 0.3) is 0 Å². The second-order valence-electron chi connectivity index (χ2n) is 7.12. The van der Waals surface area contributed by atoms with Gasteiger partial charge in [-0.05, 0) is 44.2 Å². The van der Waals surface area contributed by atoms with E-state index in [4.69, 9.17) is 9.47 Å². The molecule has 0 aliphatic heterocycles. The lowest BCUT2D eigenvalue weighted by atomic mass is 10.1. The molecule has 0 heterocycles. The monoisotopic (exact) mass is 363 g/mol. The fourth-order valence-electron chi connectivity index (χ4n) is 2.22. The first kappa shape index (κ1) is 22.5. The van der Waals surface area contributed by atoms with Crippen molar-refractivity contribution < 1.29 is 9.47 Å². The smallest absolute Gasteiger partial charge is 0.191 e. The van der Waals surface area contributed by atoms with Crippen LogP contribution in [0.3, 0.4) is 0 Å². The Morgan fingerprint density at radius 2 is 1.73 bits per heavy atom. The summed E-state index contributed by atoms with van der Waals surface area (Å²) < 4.78 is 11.2. The first-order valence-corrected chi connectivity index (χ1v) is 9.80. The number of ether oxygens (including phenoxy) is 2. The van der Waals surface area contributed by atoms with E-state index in [1.807, 2.05) is 0 Å². The van der Waals surface area contributed by atoms with Crippen molar-refractivity contribution in [3.63, 3.8) is 0 Å². The van der Waals surface area contributed by atoms with E-state index in [9.17, 15) is 0 Å². The van der Waals surface area contributed by atoms with Crippen LogP contribution in [-0.4, -0.2) is 38.4 Å². The topological polar surface area (TPSA) is 54.9 Å². The average Bonchev–Trinajstić information content (AvgIpc) is 2.61. The van der Waals surface area contributed by atoms with Crippen molar-refractivity contribution in [2.75, 3.05) is 26.3 Å².